The highest BCUT2D eigenvalue weighted by Crippen LogP contribution is 2.48. The number of rotatable bonds is 5. The Morgan fingerprint density at radius 3 is 2.26 bits per heavy atom. The summed E-state index contributed by atoms with van der Waals surface area (Å²) in [6, 6.07) is 8.91. The van der Waals surface area contributed by atoms with Gasteiger partial charge in [-0.2, -0.15) is 0 Å². The van der Waals surface area contributed by atoms with E-state index >= 15 is 0 Å². The summed E-state index contributed by atoms with van der Waals surface area (Å²) in [4.78, 5) is 24.9. The lowest BCUT2D eigenvalue weighted by atomic mass is 9.78. The topological polar surface area (TPSA) is 156 Å². The fourth-order valence-corrected chi connectivity index (χ4v) is 14.0. The van der Waals surface area contributed by atoms with Crippen molar-refractivity contribution in [1.82, 2.24) is 0 Å². The largest absolute Gasteiger partial charge is 0.459 e. The number of carbonyl (C=O) groups excluding carboxylic acids is 2. The lowest BCUT2D eigenvalue weighted by Gasteiger charge is -2.55. The van der Waals surface area contributed by atoms with E-state index in [-0.39, 0.29) is 116 Å². The van der Waals surface area contributed by atoms with E-state index in [1.807, 2.05) is 6.07 Å². The van der Waals surface area contributed by atoms with E-state index in [2.05, 4.69) is 58.6 Å². The van der Waals surface area contributed by atoms with E-state index < -0.39 is 29.4 Å². The smallest absolute Gasteiger partial charge is 0.338 e. The van der Waals surface area contributed by atoms with Gasteiger partial charge in [-0.3, -0.25) is 4.79 Å². The van der Waals surface area contributed by atoms with Gasteiger partial charge in [-0.1, -0.05) is 62.9 Å². The quantitative estimate of drug-likeness (QED) is 0.227. The molecule has 0 aromatic heterocycles. The lowest BCUT2D eigenvalue weighted by molar-refractivity contribution is -0.316. The van der Waals surface area contributed by atoms with E-state index in [4.69, 9.17) is 52.1 Å². The normalized spacial score (nSPS) is 48.4. The summed E-state index contributed by atoms with van der Waals surface area (Å²) in [5.41, 5.74) is 0.0913. The molecule has 1 aromatic carbocycles. The minimum absolute atomic E-state index is 0.0876. The predicted octanol–water partition coefficient (Wildman–Crippen LogP) is 7.61. The minimum atomic E-state index is -0.720. The molecule has 10 aliphatic rings. The summed E-state index contributed by atoms with van der Waals surface area (Å²) in [5, 5.41) is 11.5. The van der Waals surface area contributed by atoms with Gasteiger partial charge in [0, 0.05) is 25.7 Å². The molecule has 1 N–H and O–H groups in total. The number of benzene rings is 1. The lowest BCUT2D eigenvalue weighted by Crippen LogP contribution is -2.65. The van der Waals surface area contributed by atoms with Crippen LogP contribution in [0, 0.1) is 11.8 Å². The Kier molecular flexibility index (Phi) is 14.3. The molecule has 14 nitrogen and oxygen atoms in total. The summed E-state index contributed by atoms with van der Waals surface area (Å²) in [5.74, 6) is -0.0736. The van der Waals surface area contributed by atoms with Crippen LogP contribution in [0.4, 0.5) is 0 Å². The van der Waals surface area contributed by atoms with Gasteiger partial charge in [0.25, 0.3) is 0 Å². The molecule has 0 saturated carbocycles. The minimum Gasteiger partial charge on any atom is -0.459 e. The second kappa shape index (κ2) is 20.4. The van der Waals surface area contributed by atoms with Crippen LogP contribution >= 0.6 is 0 Å². The summed E-state index contributed by atoms with van der Waals surface area (Å²) >= 11 is 0. The number of aliphatic hydroxyl groups is 1. The van der Waals surface area contributed by atoms with Gasteiger partial charge in [-0.05, 0) is 108 Å². The van der Waals surface area contributed by atoms with Crippen LogP contribution < -0.4 is 0 Å². The van der Waals surface area contributed by atoms with Crippen molar-refractivity contribution in [2.24, 2.45) is 11.8 Å². The zero-order valence-electron chi connectivity index (χ0n) is 41.5. The molecule has 0 spiro atoms. The highest BCUT2D eigenvalue weighted by atomic mass is 16.6. The van der Waals surface area contributed by atoms with Crippen molar-refractivity contribution in [2.45, 2.75) is 245 Å². The van der Waals surface area contributed by atoms with Crippen molar-refractivity contribution in [1.29, 1.82) is 0 Å². The summed E-state index contributed by atoms with van der Waals surface area (Å²) in [6.07, 6.45) is 14.7. The number of ether oxygens (including phenoxy) is 11. The van der Waals surface area contributed by atoms with Crippen LogP contribution in [0.15, 0.2) is 66.8 Å². The molecule has 8 saturated heterocycles. The molecule has 70 heavy (non-hydrogen) atoms. The van der Waals surface area contributed by atoms with Gasteiger partial charge in [-0.15, -0.1) is 0 Å². The molecule has 10 aliphatic heterocycles. The van der Waals surface area contributed by atoms with E-state index in [1.165, 1.54) is 0 Å². The van der Waals surface area contributed by atoms with Crippen molar-refractivity contribution in [3.63, 3.8) is 0 Å². The van der Waals surface area contributed by atoms with Crippen LogP contribution in [0.1, 0.15) is 134 Å². The third kappa shape index (κ3) is 10.3. The van der Waals surface area contributed by atoms with Crippen LogP contribution in [0.2, 0.25) is 0 Å². The third-order valence-corrected chi connectivity index (χ3v) is 17.4. The van der Waals surface area contributed by atoms with E-state index in [9.17, 15) is 14.7 Å². The summed E-state index contributed by atoms with van der Waals surface area (Å²) in [7, 11) is 0. The monoisotopic (exact) mass is 973 g/mol. The summed E-state index contributed by atoms with van der Waals surface area (Å²) < 4.78 is 74.2. The Hall–Kier alpha value is -3.02. The maximum Gasteiger partial charge on any atom is 0.338 e. The molecule has 0 bridgehead atoms. The maximum atomic E-state index is 12.5. The standard InChI is InChI=1S/C56H76O14/c1-31-22-42-45(27-51(58)66-42)65-50-26-44-46(70-55(50,4)28-31)23-33(3)52-41(63-44)16-10-9-15-37-38(67-52)17-11-19-40-39(62-37)18-12-20-49-56(5,69-40)29-48-43(64-49)25-47-53(68-48)36(57)24-35(61-47)21-32(2)30-60-54(59)34-13-7-6-8-14-34/h6-11,13-14,19,31,33,35-50,52-53,57H,2,12,15-18,20-30H2,1,3-5H3/b10-9-,19-11?/t31?,33-,35+,36-,37?,38-,39?,40+,41?,42-,43?,44?,45?,46-,47?,48+,49?,50?,52+,53-,55+,56-/m0/s1. The Morgan fingerprint density at radius 2 is 1.41 bits per heavy atom. The maximum absolute atomic E-state index is 12.5. The molecule has 10 unspecified atom stereocenters. The van der Waals surface area contributed by atoms with Gasteiger partial charge < -0.3 is 57.2 Å². The SMILES string of the molecule is C=C(COC(=O)c1ccccc1)C[C@@H]1C[C@H](O)[C@@H]2O[C@@H]3C[C@]4(C)O[C@@H]5C=CC[C@@H]6O[C@H]7C(C/C=C\CC6OC5CCCC4OC3CC2O1)OC1CC2OC3CC(=O)O[C@H]3CC(C)C[C@@]2(C)O[C@H]1C[C@@H]7C. The molecule has 384 valence electrons. The van der Waals surface area contributed by atoms with Crippen molar-refractivity contribution in [3.05, 3.63) is 72.4 Å². The third-order valence-electron chi connectivity index (χ3n) is 17.4. The van der Waals surface area contributed by atoms with E-state index in [0.717, 1.165) is 56.9 Å². The highest BCUT2D eigenvalue weighted by molar-refractivity contribution is 5.89. The Labute approximate surface area is 413 Å². The average molecular weight is 973 g/mol. The van der Waals surface area contributed by atoms with Crippen molar-refractivity contribution >= 4 is 11.9 Å². The van der Waals surface area contributed by atoms with Gasteiger partial charge in [0.15, 0.2) is 0 Å². The first-order valence-electron chi connectivity index (χ1n) is 26.8. The number of hydrogen-bond donors (Lipinski definition) is 1. The van der Waals surface area contributed by atoms with Crippen LogP contribution in [0.5, 0.6) is 0 Å². The molecule has 10 heterocycles. The molecular weight excluding hydrogens is 897 g/mol. The van der Waals surface area contributed by atoms with Crippen LogP contribution in [-0.4, -0.2) is 145 Å². The van der Waals surface area contributed by atoms with Crippen molar-refractivity contribution < 1.29 is 66.8 Å². The fraction of sp³-hybridized carbons (Fsp3) is 0.750. The molecule has 0 aliphatic carbocycles. The molecule has 8 fully saturated rings. The van der Waals surface area contributed by atoms with E-state index in [1.54, 1.807) is 24.3 Å². The number of esters is 2. The van der Waals surface area contributed by atoms with E-state index in [0.29, 0.717) is 56.4 Å². The van der Waals surface area contributed by atoms with Gasteiger partial charge >= 0.3 is 11.9 Å². The van der Waals surface area contributed by atoms with Crippen molar-refractivity contribution in [3.8, 4) is 0 Å². The number of aliphatic hydroxyl groups excluding tert-OH is 1. The average Bonchev–Trinajstić information content (AvgIpc) is 3.62. The number of hydrogen-bond acceptors (Lipinski definition) is 14. The first-order chi connectivity index (χ1) is 33.8. The highest BCUT2D eigenvalue weighted by Gasteiger charge is 2.57. The van der Waals surface area contributed by atoms with Crippen molar-refractivity contribution in [2.75, 3.05) is 6.61 Å². The zero-order valence-corrected chi connectivity index (χ0v) is 41.5. The van der Waals surface area contributed by atoms with Crippen LogP contribution in [0.3, 0.4) is 0 Å². The number of carbonyl (C=O) groups is 2. The second-order valence-electron chi connectivity index (χ2n) is 23.1. The molecule has 1 aromatic rings. The van der Waals surface area contributed by atoms with Gasteiger partial charge in [0.1, 0.15) is 31.0 Å². The molecule has 14 heteroatoms. The zero-order chi connectivity index (χ0) is 48.3. The fourth-order valence-electron chi connectivity index (χ4n) is 14.0. The van der Waals surface area contributed by atoms with Crippen LogP contribution in [-0.2, 0) is 56.9 Å². The molecule has 11 rings (SSSR count). The molecular formula is C56H76O14. The Bertz CT molecular complexity index is 2100. The van der Waals surface area contributed by atoms with Gasteiger partial charge in [-0.25, -0.2) is 4.79 Å². The second-order valence-corrected chi connectivity index (χ2v) is 23.1. The van der Waals surface area contributed by atoms with Gasteiger partial charge in [0.05, 0.1) is 109 Å². The predicted molar refractivity (Wildman–Crippen MR) is 255 cm³/mol. The Balaban J connectivity index is 0.723. The molecule has 0 radical (unpaired) electrons. The van der Waals surface area contributed by atoms with Gasteiger partial charge in [0.2, 0.25) is 0 Å². The molecule has 22 atom stereocenters. The first-order valence-corrected chi connectivity index (χ1v) is 26.8. The Morgan fingerprint density at radius 1 is 0.686 bits per heavy atom. The summed E-state index contributed by atoms with van der Waals surface area (Å²) in [6.45, 7) is 13.1. The molecule has 0 amide bonds. The number of fused-ring (bicyclic) bond motifs is 9. The van der Waals surface area contributed by atoms with Crippen LogP contribution in [0.25, 0.3) is 0 Å². The first kappa shape index (κ1) is 49.2.